The molecule has 2 heterocycles. The number of para-hydroxylation sites is 3. The average Bonchev–Trinajstić information content (AvgIpc) is 2.91. The summed E-state index contributed by atoms with van der Waals surface area (Å²) in [6.45, 7) is 4.01. The van der Waals surface area contributed by atoms with Gasteiger partial charge in [0.05, 0.1) is 23.3 Å². The number of hydrogen-bond donors (Lipinski definition) is 1. The zero-order chi connectivity index (χ0) is 18.3. The van der Waals surface area contributed by atoms with Crippen molar-refractivity contribution >= 4 is 34.0 Å². The summed E-state index contributed by atoms with van der Waals surface area (Å²) >= 11 is 0. The van der Waals surface area contributed by atoms with Gasteiger partial charge in [-0.1, -0.05) is 30.3 Å². The zero-order valence-electron chi connectivity index (χ0n) is 14.6. The fourth-order valence-electron chi connectivity index (χ4n) is 3.12. The number of fused-ring (bicyclic) bond motifs is 2. The molecule has 4 rings (SSSR count). The van der Waals surface area contributed by atoms with Crippen LogP contribution in [0.4, 0.5) is 5.82 Å². The molecule has 0 radical (unpaired) electrons. The van der Waals surface area contributed by atoms with Crippen molar-refractivity contribution in [2.75, 3.05) is 12.3 Å². The molecule has 130 valence electrons. The summed E-state index contributed by atoms with van der Waals surface area (Å²) in [6, 6.07) is 15.3. The highest BCUT2D eigenvalue weighted by molar-refractivity contribution is 6.09. The second-order valence-electron chi connectivity index (χ2n) is 5.99. The topological polar surface area (TPSA) is 83.0 Å². The number of esters is 1. The predicted molar refractivity (Wildman–Crippen MR) is 101 cm³/mol. The molecule has 0 saturated carbocycles. The van der Waals surface area contributed by atoms with E-state index in [0.29, 0.717) is 16.7 Å². The Kier molecular flexibility index (Phi) is 3.80. The van der Waals surface area contributed by atoms with Crippen LogP contribution in [0.3, 0.4) is 0 Å². The van der Waals surface area contributed by atoms with Crippen molar-refractivity contribution in [1.29, 1.82) is 0 Å². The van der Waals surface area contributed by atoms with Gasteiger partial charge in [0.2, 0.25) is 0 Å². The van der Waals surface area contributed by atoms with Crippen LogP contribution in [-0.4, -0.2) is 27.1 Å². The van der Waals surface area contributed by atoms with E-state index in [4.69, 9.17) is 15.5 Å². The Morgan fingerprint density at radius 3 is 2.42 bits per heavy atom. The molecule has 0 saturated heterocycles. The molecule has 6 heteroatoms. The Hall–Kier alpha value is -3.41. The largest absolute Gasteiger partial charge is 0.462 e. The number of anilines is 1. The van der Waals surface area contributed by atoms with Crippen LogP contribution < -0.4 is 5.73 Å². The predicted octanol–water partition coefficient (Wildman–Crippen LogP) is 3.64. The van der Waals surface area contributed by atoms with E-state index in [2.05, 4.69) is 4.98 Å². The van der Waals surface area contributed by atoms with Crippen LogP contribution in [0.5, 0.6) is 0 Å². The summed E-state index contributed by atoms with van der Waals surface area (Å²) in [7, 11) is 0. The highest BCUT2D eigenvalue weighted by Crippen LogP contribution is 2.32. The molecule has 0 atom stereocenters. The van der Waals surface area contributed by atoms with E-state index < -0.39 is 5.97 Å². The first kappa shape index (κ1) is 16.1. The van der Waals surface area contributed by atoms with Crippen molar-refractivity contribution in [3.05, 3.63) is 59.7 Å². The van der Waals surface area contributed by atoms with E-state index >= 15 is 0 Å². The molecule has 26 heavy (non-hydrogen) atoms. The lowest BCUT2D eigenvalue weighted by Gasteiger charge is -2.10. The molecule has 0 unspecified atom stereocenters. The minimum atomic E-state index is -0.494. The molecule has 4 aromatic rings. The summed E-state index contributed by atoms with van der Waals surface area (Å²) < 4.78 is 6.98. The number of carbonyl (C=O) groups is 1. The number of nitrogen functional groups attached to an aromatic ring is 1. The molecule has 0 aliphatic rings. The summed E-state index contributed by atoms with van der Waals surface area (Å²) in [5, 5.41) is 0. The Labute approximate surface area is 150 Å². The molecule has 2 aromatic carbocycles. The number of nitrogens with zero attached hydrogens (tertiary/aromatic N) is 3. The van der Waals surface area contributed by atoms with Crippen LogP contribution in [0.25, 0.3) is 27.9 Å². The minimum Gasteiger partial charge on any atom is -0.462 e. The number of ether oxygens (including phenoxy) is 1. The molecule has 6 nitrogen and oxygen atoms in total. The van der Waals surface area contributed by atoms with E-state index in [0.717, 1.165) is 16.8 Å². The van der Waals surface area contributed by atoms with Crippen molar-refractivity contribution < 1.29 is 9.53 Å². The third-order valence-electron chi connectivity index (χ3n) is 4.33. The van der Waals surface area contributed by atoms with Gasteiger partial charge in [-0.25, -0.2) is 14.8 Å². The second kappa shape index (κ2) is 6.15. The maximum Gasteiger partial charge on any atom is 0.344 e. The van der Waals surface area contributed by atoms with E-state index in [1.165, 1.54) is 0 Å². The molecule has 2 N–H and O–H groups in total. The van der Waals surface area contributed by atoms with Gasteiger partial charge < -0.3 is 10.5 Å². The Morgan fingerprint density at radius 1 is 1.08 bits per heavy atom. The number of carbonyl (C=O) groups excluding carboxylic acids is 1. The first-order chi connectivity index (χ1) is 12.6. The smallest absolute Gasteiger partial charge is 0.344 e. The maximum absolute atomic E-state index is 12.6. The van der Waals surface area contributed by atoms with Crippen molar-refractivity contribution in [1.82, 2.24) is 14.5 Å². The molecule has 0 spiro atoms. The van der Waals surface area contributed by atoms with Crippen molar-refractivity contribution in [2.45, 2.75) is 13.8 Å². The average molecular weight is 346 g/mol. The number of rotatable bonds is 3. The molecule has 2 aromatic heterocycles. The lowest BCUT2D eigenvalue weighted by molar-refractivity contribution is 0.0529. The van der Waals surface area contributed by atoms with Crippen LogP contribution >= 0.6 is 0 Å². The monoisotopic (exact) mass is 346 g/mol. The number of benzene rings is 2. The third kappa shape index (κ3) is 2.38. The van der Waals surface area contributed by atoms with Crippen LogP contribution in [0.15, 0.2) is 48.5 Å². The van der Waals surface area contributed by atoms with Gasteiger partial charge in [0, 0.05) is 0 Å². The lowest BCUT2D eigenvalue weighted by atomic mass is 10.2. The first-order valence-electron chi connectivity index (χ1n) is 8.41. The zero-order valence-corrected chi connectivity index (χ0v) is 14.6. The van der Waals surface area contributed by atoms with Gasteiger partial charge in [-0.3, -0.25) is 4.57 Å². The quantitative estimate of drug-likeness (QED) is 0.573. The van der Waals surface area contributed by atoms with E-state index in [1.54, 1.807) is 11.5 Å². The number of nitrogens with two attached hydrogens (primary N) is 1. The van der Waals surface area contributed by atoms with Crippen LogP contribution in [0.1, 0.15) is 22.8 Å². The third-order valence-corrected chi connectivity index (χ3v) is 4.33. The fourth-order valence-corrected chi connectivity index (χ4v) is 3.12. The summed E-state index contributed by atoms with van der Waals surface area (Å²) in [4.78, 5) is 21.9. The minimum absolute atomic E-state index is 0.253. The van der Waals surface area contributed by atoms with Gasteiger partial charge in [-0.15, -0.1) is 0 Å². The van der Waals surface area contributed by atoms with E-state index in [-0.39, 0.29) is 18.0 Å². The first-order valence-corrected chi connectivity index (χ1v) is 8.41. The molecular weight excluding hydrogens is 328 g/mol. The van der Waals surface area contributed by atoms with E-state index in [9.17, 15) is 4.79 Å². The Morgan fingerprint density at radius 2 is 1.73 bits per heavy atom. The van der Waals surface area contributed by atoms with Crippen LogP contribution in [-0.2, 0) is 4.74 Å². The lowest BCUT2D eigenvalue weighted by Crippen LogP contribution is -2.09. The highest BCUT2D eigenvalue weighted by atomic mass is 16.5. The Balaban J connectivity index is 2.14. The van der Waals surface area contributed by atoms with Crippen LogP contribution in [0.2, 0.25) is 0 Å². The number of aromatic nitrogens is 3. The summed E-state index contributed by atoms with van der Waals surface area (Å²) in [5.41, 5.74) is 10.9. The van der Waals surface area contributed by atoms with Crippen molar-refractivity contribution in [2.24, 2.45) is 0 Å². The van der Waals surface area contributed by atoms with Gasteiger partial charge in [-0.05, 0) is 37.6 Å². The molecule has 0 bridgehead atoms. The van der Waals surface area contributed by atoms with Gasteiger partial charge in [-0.2, -0.15) is 0 Å². The van der Waals surface area contributed by atoms with Crippen molar-refractivity contribution in [3.63, 3.8) is 0 Å². The van der Waals surface area contributed by atoms with Crippen molar-refractivity contribution in [3.8, 4) is 5.69 Å². The number of hydrogen-bond acceptors (Lipinski definition) is 5. The standard InChI is InChI=1S/C20H18N4O2/c1-3-26-20(25)16-17-19(23-14-10-6-5-9-13(14)22-17)24(18(16)21)15-11-7-4-8-12(15)2/h4-11H,3,21H2,1-2H3. The molecule has 0 amide bonds. The van der Waals surface area contributed by atoms with E-state index in [1.807, 2.05) is 55.5 Å². The second-order valence-corrected chi connectivity index (χ2v) is 5.99. The SMILES string of the molecule is CCOC(=O)c1c(N)n(-c2ccccc2C)c2nc3ccccc3nc12. The maximum atomic E-state index is 12.6. The fraction of sp³-hybridized carbons (Fsp3) is 0.150. The summed E-state index contributed by atoms with van der Waals surface area (Å²) in [6.07, 6.45) is 0. The molecule has 0 aliphatic heterocycles. The Bertz CT molecular complexity index is 1150. The highest BCUT2D eigenvalue weighted by Gasteiger charge is 2.26. The van der Waals surface area contributed by atoms with Gasteiger partial charge >= 0.3 is 5.97 Å². The molecule has 0 aliphatic carbocycles. The molecular formula is C20H18N4O2. The van der Waals surface area contributed by atoms with Crippen LogP contribution in [0, 0.1) is 6.92 Å². The number of aryl methyl sites for hydroxylation is 1. The van der Waals surface area contributed by atoms with Gasteiger partial charge in [0.1, 0.15) is 16.9 Å². The summed E-state index contributed by atoms with van der Waals surface area (Å²) in [5.74, 6) is -0.213. The van der Waals surface area contributed by atoms with Gasteiger partial charge in [0.25, 0.3) is 0 Å². The normalized spacial score (nSPS) is 11.2. The molecule has 0 fully saturated rings. The van der Waals surface area contributed by atoms with Gasteiger partial charge in [0.15, 0.2) is 5.65 Å².